The van der Waals surface area contributed by atoms with Crippen molar-refractivity contribution in [3.63, 3.8) is 0 Å². The molecule has 3 rings (SSSR count). The zero-order valence-electron chi connectivity index (χ0n) is 16.8. The molecular weight excluding hydrogens is 292 g/mol. The summed E-state index contributed by atoms with van der Waals surface area (Å²) in [5.41, 5.74) is 1.84. The van der Waals surface area contributed by atoms with E-state index in [-0.39, 0.29) is 11.1 Å². The molecule has 2 heteroatoms. The summed E-state index contributed by atoms with van der Waals surface area (Å²) in [6, 6.07) is 0. The van der Waals surface area contributed by atoms with Crippen molar-refractivity contribution in [1.29, 1.82) is 0 Å². The van der Waals surface area contributed by atoms with Gasteiger partial charge in [-0.05, 0) is 48.9 Å². The zero-order valence-corrected chi connectivity index (χ0v) is 16.8. The molecule has 3 aliphatic rings. The monoisotopic (exact) mass is 330 g/mol. The number of hydrogen-bond acceptors (Lipinski definition) is 0. The molecule has 2 nitrogen and oxygen atoms in total. The summed E-state index contributed by atoms with van der Waals surface area (Å²) in [4.78, 5) is 0. The predicted molar refractivity (Wildman–Crippen MR) is 105 cm³/mol. The first-order chi connectivity index (χ1) is 11.2. The van der Waals surface area contributed by atoms with Crippen molar-refractivity contribution in [3.8, 4) is 0 Å². The number of rotatable bonds is 4. The van der Waals surface area contributed by atoms with Crippen LogP contribution in [-0.4, -0.2) is 25.2 Å². The largest absolute Gasteiger partial charge is 0.660 e. The van der Waals surface area contributed by atoms with E-state index in [0.29, 0.717) is 5.92 Å². The van der Waals surface area contributed by atoms with Crippen LogP contribution in [0.4, 0.5) is 0 Å². The molecule has 0 saturated heterocycles. The highest BCUT2D eigenvalue weighted by atomic mass is 15.0. The molecule has 0 bridgehead atoms. The molecule has 0 aromatic rings. The Morgan fingerprint density at radius 2 is 1.96 bits per heavy atom. The SMILES string of the molecule is C=C1CC[C@H]2[C@H]3[C@H](CC[C@]2(C)[N-]C)[C@@H](C)C[C@H](CC(C)(C)[N-]C)[C@H]13. The van der Waals surface area contributed by atoms with E-state index in [1.165, 1.54) is 38.5 Å². The predicted octanol–water partition coefficient (Wildman–Crippen LogP) is 6.19. The first-order valence-corrected chi connectivity index (χ1v) is 10.1. The first-order valence-electron chi connectivity index (χ1n) is 10.1. The fourth-order valence-electron chi connectivity index (χ4n) is 6.68. The van der Waals surface area contributed by atoms with Crippen LogP contribution >= 0.6 is 0 Å². The Bertz CT molecular complexity index is 482. The zero-order chi connectivity index (χ0) is 17.7. The number of hydrogen-bond donors (Lipinski definition) is 0. The molecule has 0 N–H and O–H groups in total. The van der Waals surface area contributed by atoms with Crippen molar-refractivity contribution in [2.45, 2.75) is 77.3 Å². The van der Waals surface area contributed by atoms with Crippen LogP contribution in [0, 0.1) is 35.5 Å². The van der Waals surface area contributed by atoms with Crippen LogP contribution in [0.1, 0.15) is 66.2 Å². The van der Waals surface area contributed by atoms with Crippen molar-refractivity contribution in [2.75, 3.05) is 14.1 Å². The number of allylic oxidation sites excluding steroid dienone is 1. The third-order valence-corrected chi connectivity index (χ3v) is 8.20. The summed E-state index contributed by atoms with van der Waals surface area (Å²) in [7, 11) is 4.04. The lowest BCUT2D eigenvalue weighted by atomic mass is 9.46. The molecule has 0 heterocycles. The normalized spacial score (nSPS) is 45.8. The van der Waals surface area contributed by atoms with Crippen LogP contribution in [0.15, 0.2) is 12.2 Å². The second kappa shape index (κ2) is 6.43. The molecule has 24 heavy (non-hydrogen) atoms. The quantitative estimate of drug-likeness (QED) is 0.550. The van der Waals surface area contributed by atoms with E-state index < -0.39 is 0 Å². The molecule has 0 aliphatic heterocycles. The Morgan fingerprint density at radius 1 is 1.25 bits per heavy atom. The third-order valence-electron chi connectivity index (χ3n) is 8.20. The molecule has 0 unspecified atom stereocenters. The smallest absolute Gasteiger partial charge is 0.0145 e. The second-order valence-electron chi connectivity index (χ2n) is 9.90. The Balaban J connectivity index is 1.93. The summed E-state index contributed by atoms with van der Waals surface area (Å²) < 4.78 is 0. The van der Waals surface area contributed by atoms with Crippen LogP contribution in [0.2, 0.25) is 0 Å². The molecule has 3 saturated carbocycles. The van der Waals surface area contributed by atoms with Gasteiger partial charge in [0.1, 0.15) is 0 Å². The molecule has 3 fully saturated rings. The van der Waals surface area contributed by atoms with Crippen molar-refractivity contribution in [2.24, 2.45) is 35.5 Å². The average Bonchev–Trinajstić information content (AvgIpc) is 2.53. The maximum absolute atomic E-state index is 4.91. The minimum Gasteiger partial charge on any atom is -0.660 e. The van der Waals surface area contributed by atoms with Gasteiger partial charge >= 0.3 is 0 Å². The van der Waals surface area contributed by atoms with E-state index in [1.807, 2.05) is 7.05 Å². The Labute approximate surface area is 150 Å². The molecule has 0 amide bonds. The summed E-state index contributed by atoms with van der Waals surface area (Å²) in [6.45, 7) is 14.1. The summed E-state index contributed by atoms with van der Waals surface area (Å²) >= 11 is 0. The molecule has 0 aromatic heterocycles. The fourth-order valence-corrected chi connectivity index (χ4v) is 6.68. The van der Waals surface area contributed by atoms with Gasteiger partial charge in [-0.2, -0.15) is 14.1 Å². The molecule has 0 spiro atoms. The van der Waals surface area contributed by atoms with Gasteiger partial charge in [0.05, 0.1) is 0 Å². The highest BCUT2D eigenvalue weighted by Gasteiger charge is 2.53. The fraction of sp³-hybridized carbons (Fsp3) is 0.909. The van der Waals surface area contributed by atoms with E-state index in [4.69, 9.17) is 5.32 Å². The van der Waals surface area contributed by atoms with E-state index >= 15 is 0 Å². The van der Waals surface area contributed by atoms with Gasteiger partial charge in [-0.15, -0.1) is 11.1 Å². The Kier molecular flexibility index (Phi) is 4.94. The van der Waals surface area contributed by atoms with Gasteiger partial charge < -0.3 is 10.6 Å². The second-order valence-corrected chi connectivity index (χ2v) is 9.90. The van der Waals surface area contributed by atoms with Gasteiger partial charge in [0.15, 0.2) is 0 Å². The van der Waals surface area contributed by atoms with Crippen LogP contribution in [0.5, 0.6) is 0 Å². The lowest BCUT2D eigenvalue weighted by Gasteiger charge is -2.65. The van der Waals surface area contributed by atoms with E-state index in [0.717, 1.165) is 29.6 Å². The highest BCUT2D eigenvalue weighted by molar-refractivity contribution is 5.22. The van der Waals surface area contributed by atoms with Crippen molar-refractivity contribution in [1.82, 2.24) is 0 Å². The van der Waals surface area contributed by atoms with Crippen molar-refractivity contribution >= 4 is 0 Å². The van der Waals surface area contributed by atoms with Gasteiger partial charge in [0.25, 0.3) is 0 Å². The lowest BCUT2D eigenvalue weighted by molar-refractivity contribution is -0.0552. The summed E-state index contributed by atoms with van der Waals surface area (Å²) in [5, 5.41) is 9.58. The molecule has 0 radical (unpaired) electrons. The van der Waals surface area contributed by atoms with E-state index in [1.54, 1.807) is 5.57 Å². The van der Waals surface area contributed by atoms with Crippen LogP contribution in [0.3, 0.4) is 0 Å². The van der Waals surface area contributed by atoms with Gasteiger partial charge in [-0.1, -0.05) is 65.0 Å². The Hall–Kier alpha value is -0.340. The standard InChI is InChI=1S/C22H38N2/c1-14-8-9-18-20-17(10-11-22(18,5)24-7)15(2)12-16(19(14)20)13-21(3,4)23-6/h15-20H,1,8-13H2,2-7H3/q-2/t15-,16+,17+,18-,19-,20+,22-/m0/s1. The van der Waals surface area contributed by atoms with Crippen LogP contribution in [-0.2, 0) is 0 Å². The highest BCUT2D eigenvalue weighted by Crippen LogP contribution is 2.62. The molecule has 3 aliphatic carbocycles. The summed E-state index contributed by atoms with van der Waals surface area (Å²) in [6.07, 6.45) is 7.78. The number of nitrogens with zero attached hydrogens (tertiary/aromatic N) is 2. The van der Waals surface area contributed by atoms with Crippen LogP contribution < -0.4 is 0 Å². The van der Waals surface area contributed by atoms with E-state index in [2.05, 4.69) is 46.6 Å². The van der Waals surface area contributed by atoms with Gasteiger partial charge in [-0.25, -0.2) is 0 Å². The molecule has 0 aromatic carbocycles. The van der Waals surface area contributed by atoms with Crippen LogP contribution in [0.25, 0.3) is 10.6 Å². The first kappa shape index (κ1) is 18.5. The third kappa shape index (κ3) is 2.98. The van der Waals surface area contributed by atoms with Crippen molar-refractivity contribution < 1.29 is 0 Å². The van der Waals surface area contributed by atoms with Gasteiger partial charge in [-0.3, -0.25) is 0 Å². The molecule has 7 atom stereocenters. The lowest BCUT2D eigenvalue weighted by Crippen LogP contribution is -2.56. The molecular formula is C22H38N2-2. The molecule has 138 valence electrons. The Morgan fingerprint density at radius 3 is 2.58 bits per heavy atom. The van der Waals surface area contributed by atoms with E-state index in [9.17, 15) is 0 Å². The summed E-state index contributed by atoms with van der Waals surface area (Å²) in [5.74, 6) is 4.80. The van der Waals surface area contributed by atoms with Gasteiger partial charge in [0.2, 0.25) is 0 Å². The maximum Gasteiger partial charge on any atom is -0.0145 e. The van der Waals surface area contributed by atoms with Gasteiger partial charge in [0, 0.05) is 0 Å². The minimum absolute atomic E-state index is 0.0948. The topological polar surface area (TPSA) is 28.2 Å². The average molecular weight is 331 g/mol. The van der Waals surface area contributed by atoms with Crippen molar-refractivity contribution in [3.05, 3.63) is 22.8 Å². The minimum atomic E-state index is 0.0948. The maximum atomic E-state index is 4.91.